The largest absolute Gasteiger partial charge is 0.248 e. The number of thiazole rings is 1. The Hall–Kier alpha value is -1.96. The maximum atomic E-state index is 12.9. The maximum Gasteiger partial charge on any atom is 0.151 e. The van der Waals surface area contributed by atoms with E-state index in [-0.39, 0.29) is 5.82 Å². The van der Waals surface area contributed by atoms with Gasteiger partial charge in [-0.3, -0.25) is 0 Å². The van der Waals surface area contributed by atoms with Gasteiger partial charge in [0.25, 0.3) is 0 Å². The Balaban J connectivity index is 1.41. The van der Waals surface area contributed by atoms with E-state index in [4.69, 9.17) is 11.6 Å². The van der Waals surface area contributed by atoms with E-state index in [2.05, 4.69) is 15.3 Å². The molecule has 0 unspecified atom stereocenters. The van der Waals surface area contributed by atoms with Crippen molar-refractivity contribution in [3.05, 3.63) is 70.8 Å². The number of hydrogen-bond donors (Lipinski definition) is 0. The fraction of sp³-hybridized carbons (Fsp3) is 0.118. The van der Waals surface area contributed by atoms with Crippen molar-refractivity contribution in [2.75, 3.05) is 0 Å². The van der Waals surface area contributed by atoms with Crippen molar-refractivity contribution in [1.29, 1.82) is 0 Å². The average molecular weight is 391 g/mol. The van der Waals surface area contributed by atoms with Crippen LogP contribution in [0.4, 0.5) is 4.39 Å². The number of benzene rings is 2. The van der Waals surface area contributed by atoms with Crippen molar-refractivity contribution in [2.24, 2.45) is 0 Å². The van der Waals surface area contributed by atoms with Crippen LogP contribution in [0.1, 0.15) is 11.3 Å². The molecule has 0 fully saturated rings. The molecule has 2 heterocycles. The van der Waals surface area contributed by atoms with Gasteiger partial charge in [0.05, 0.1) is 22.5 Å². The molecular formula is C17H12ClFN4S2. The van der Waals surface area contributed by atoms with Crippen LogP contribution in [0.2, 0.25) is 5.02 Å². The standard InChI is InChI=1S/C17H12ClFN4S2/c18-12-3-6-16-15(7-12)20-17(25-16)24-10-14-9-23(22-21-14)8-11-1-4-13(19)5-2-11/h1-7,9H,8,10H2. The molecule has 0 amide bonds. The highest BCUT2D eigenvalue weighted by molar-refractivity contribution is 8.00. The summed E-state index contributed by atoms with van der Waals surface area (Å²) in [6.45, 7) is 0.567. The summed E-state index contributed by atoms with van der Waals surface area (Å²) < 4.78 is 16.8. The number of aromatic nitrogens is 4. The van der Waals surface area contributed by atoms with Crippen LogP contribution in [0.25, 0.3) is 10.2 Å². The average Bonchev–Trinajstić information content (AvgIpc) is 3.21. The van der Waals surface area contributed by atoms with Crippen LogP contribution in [0.15, 0.2) is 53.0 Å². The summed E-state index contributed by atoms with van der Waals surface area (Å²) in [6, 6.07) is 12.1. The predicted molar refractivity (Wildman–Crippen MR) is 99.7 cm³/mol. The molecule has 0 radical (unpaired) electrons. The topological polar surface area (TPSA) is 43.6 Å². The molecule has 0 saturated heterocycles. The summed E-state index contributed by atoms with van der Waals surface area (Å²) in [5.41, 5.74) is 2.78. The lowest BCUT2D eigenvalue weighted by atomic mass is 10.2. The second-order valence-corrected chi connectivity index (χ2v) is 8.10. The van der Waals surface area contributed by atoms with Gasteiger partial charge in [0, 0.05) is 17.0 Å². The van der Waals surface area contributed by atoms with Crippen LogP contribution < -0.4 is 0 Å². The highest BCUT2D eigenvalue weighted by Gasteiger charge is 2.08. The summed E-state index contributed by atoms with van der Waals surface area (Å²) in [7, 11) is 0. The van der Waals surface area contributed by atoms with Crippen molar-refractivity contribution in [3.63, 3.8) is 0 Å². The molecule has 0 saturated carbocycles. The van der Waals surface area contributed by atoms with Gasteiger partial charge in [-0.2, -0.15) is 0 Å². The summed E-state index contributed by atoms with van der Waals surface area (Å²) >= 11 is 9.26. The molecular weight excluding hydrogens is 379 g/mol. The summed E-state index contributed by atoms with van der Waals surface area (Å²) in [6.07, 6.45) is 1.90. The van der Waals surface area contributed by atoms with Crippen molar-refractivity contribution < 1.29 is 4.39 Å². The number of thioether (sulfide) groups is 1. The Bertz CT molecular complexity index is 1010. The van der Waals surface area contributed by atoms with E-state index in [1.54, 1.807) is 39.9 Å². The quantitative estimate of drug-likeness (QED) is 0.449. The van der Waals surface area contributed by atoms with Crippen molar-refractivity contribution >= 4 is 44.9 Å². The third kappa shape index (κ3) is 4.00. The smallest absolute Gasteiger partial charge is 0.151 e. The molecule has 126 valence electrons. The minimum absolute atomic E-state index is 0.239. The summed E-state index contributed by atoms with van der Waals surface area (Å²) in [5, 5.41) is 9.01. The first-order valence-corrected chi connectivity index (χ1v) is 9.66. The zero-order valence-electron chi connectivity index (χ0n) is 12.9. The van der Waals surface area contributed by atoms with Gasteiger partial charge in [0.15, 0.2) is 4.34 Å². The SMILES string of the molecule is Fc1ccc(Cn2cc(CSc3nc4cc(Cl)ccc4s3)nn2)cc1. The van der Waals surface area contributed by atoms with Gasteiger partial charge in [-0.1, -0.05) is 40.7 Å². The fourth-order valence-corrected chi connectivity index (χ4v) is 4.43. The van der Waals surface area contributed by atoms with Gasteiger partial charge in [-0.25, -0.2) is 14.1 Å². The van der Waals surface area contributed by atoms with E-state index < -0.39 is 0 Å². The molecule has 0 bridgehead atoms. The molecule has 0 aliphatic rings. The lowest BCUT2D eigenvalue weighted by Crippen LogP contribution is -2.00. The molecule has 25 heavy (non-hydrogen) atoms. The molecule has 0 aliphatic heterocycles. The first-order chi connectivity index (χ1) is 12.2. The van der Waals surface area contributed by atoms with E-state index in [0.29, 0.717) is 17.3 Å². The zero-order valence-corrected chi connectivity index (χ0v) is 15.3. The molecule has 2 aromatic heterocycles. The Morgan fingerprint density at radius 2 is 2.00 bits per heavy atom. The number of hydrogen-bond acceptors (Lipinski definition) is 5. The van der Waals surface area contributed by atoms with Crippen molar-refractivity contribution in [3.8, 4) is 0 Å². The Morgan fingerprint density at radius 1 is 1.16 bits per heavy atom. The Morgan fingerprint density at radius 3 is 2.84 bits per heavy atom. The molecule has 0 N–H and O–H groups in total. The van der Waals surface area contributed by atoms with E-state index >= 15 is 0 Å². The van der Waals surface area contributed by atoms with E-state index in [9.17, 15) is 4.39 Å². The summed E-state index contributed by atoms with van der Waals surface area (Å²) in [5.74, 6) is 0.452. The number of rotatable bonds is 5. The third-order valence-corrected chi connectivity index (χ3v) is 5.97. The van der Waals surface area contributed by atoms with E-state index in [1.807, 2.05) is 24.4 Å². The minimum atomic E-state index is -0.239. The number of halogens is 2. The minimum Gasteiger partial charge on any atom is -0.248 e. The van der Waals surface area contributed by atoms with Crippen LogP contribution in [0, 0.1) is 5.82 Å². The predicted octanol–water partition coefficient (Wildman–Crippen LogP) is 5.02. The monoisotopic (exact) mass is 390 g/mol. The highest BCUT2D eigenvalue weighted by Crippen LogP contribution is 2.32. The van der Waals surface area contributed by atoms with E-state index in [1.165, 1.54) is 12.1 Å². The molecule has 8 heteroatoms. The van der Waals surface area contributed by atoms with Gasteiger partial charge >= 0.3 is 0 Å². The van der Waals surface area contributed by atoms with Crippen LogP contribution >= 0.6 is 34.7 Å². The molecule has 0 aliphatic carbocycles. The second kappa shape index (κ2) is 7.11. The Kier molecular flexibility index (Phi) is 4.70. The molecule has 4 nitrogen and oxygen atoms in total. The zero-order chi connectivity index (χ0) is 17.2. The van der Waals surface area contributed by atoms with Gasteiger partial charge in [-0.05, 0) is 35.9 Å². The van der Waals surface area contributed by atoms with Crippen LogP contribution in [0.3, 0.4) is 0 Å². The van der Waals surface area contributed by atoms with Crippen molar-refractivity contribution in [1.82, 2.24) is 20.0 Å². The van der Waals surface area contributed by atoms with Crippen LogP contribution in [-0.2, 0) is 12.3 Å². The van der Waals surface area contributed by atoms with Gasteiger partial charge in [0.1, 0.15) is 5.82 Å². The normalized spacial score (nSPS) is 11.3. The fourth-order valence-electron chi connectivity index (χ4n) is 2.34. The van der Waals surface area contributed by atoms with E-state index in [0.717, 1.165) is 25.8 Å². The lowest BCUT2D eigenvalue weighted by Gasteiger charge is -2.00. The first-order valence-electron chi connectivity index (χ1n) is 7.48. The molecule has 4 aromatic rings. The van der Waals surface area contributed by atoms with Gasteiger partial charge < -0.3 is 0 Å². The van der Waals surface area contributed by atoms with Gasteiger partial charge in [-0.15, -0.1) is 16.4 Å². The van der Waals surface area contributed by atoms with Crippen LogP contribution in [0.5, 0.6) is 0 Å². The van der Waals surface area contributed by atoms with Gasteiger partial charge in [0.2, 0.25) is 0 Å². The lowest BCUT2D eigenvalue weighted by molar-refractivity contribution is 0.621. The molecule has 4 rings (SSSR count). The molecule has 0 atom stereocenters. The highest BCUT2D eigenvalue weighted by atomic mass is 35.5. The molecule has 2 aromatic carbocycles. The second-order valence-electron chi connectivity index (χ2n) is 5.41. The molecule has 0 spiro atoms. The third-order valence-electron chi connectivity index (χ3n) is 3.52. The number of nitrogens with zero attached hydrogens (tertiary/aromatic N) is 4. The maximum absolute atomic E-state index is 12.9. The first kappa shape index (κ1) is 16.5. The van der Waals surface area contributed by atoms with Crippen LogP contribution in [-0.4, -0.2) is 20.0 Å². The summed E-state index contributed by atoms with van der Waals surface area (Å²) in [4.78, 5) is 4.58. The Labute approximate surface area is 156 Å². The van der Waals surface area contributed by atoms with Crippen molar-refractivity contribution in [2.45, 2.75) is 16.6 Å². The number of fused-ring (bicyclic) bond motifs is 1.